The van der Waals surface area contributed by atoms with E-state index in [1.54, 1.807) is 0 Å². The van der Waals surface area contributed by atoms with Crippen LogP contribution < -0.4 is 5.73 Å². The van der Waals surface area contributed by atoms with Gasteiger partial charge in [-0.2, -0.15) is 0 Å². The maximum absolute atomic E-state index is 11.9. The van der Waals surface area contributed by atoms with Crippen LogP contribution in [0.25, 0.3) is 0 Å². The van der Waals surface area contributed by atoms with Crippen LogP contribution in [-0.2, 0) is 9.53 Å². The van der Waals surface area contributed by atoms with E-state index in [2.05, 4.69) is 18.7 Å². The third kappa shape index (κ3) is 2.80. The van der Waals surface area contributed by atoms with Crippen molar-refractivity contribution in [1.82, 2.24) is 4.90 Å². The molecule has 1 atom stereocenters. The number of carbonyl (C=O) groups excluding carboxylic acids is 1. The summed E-state index contributed by atoms with van der Waals surface area (Å²) in [6.45, 7) is 8.35. The molecule has 0 spiro atoms. The van der Waals surface area contributed by atoms with Crippen molar-refractivity contribution in [3.63, 3.8) is 0 Å². The quantitative estimate of drug-likeness (QED) is 0.718. The predicted molar refractivity (Wildman–Crippen MR) is 68.7 cm³/mol. The molecule has 4 nitrogen and oxygen atoms in total. The molecule has 0 heterocycles. The molecule has 2 N–H and O–H groups in total. The maximum Gasteiger partial charge on any atom is 0.324 e. The van der Waals surface area contributed by atoms with Crippen molar-refractivity contribution < 1.29 is 9.53 Å². The Labute approximate surface area is 104 Å². The van der Waals surface area contributed by atoms with Crippen molar-refractivity contribution in [3.8, 4) is 0 Å². The predicted octanol–water partition coefficient (Wildman–Crippen LogP) is 1.53. The molecule has 1 aliphatic rings. The molecule has 0 radical (unpaired) electrons. The molecule has 0 amide bonds. The van der Waals surface area contributed by atoms with E-state index in [0.29, 0.717) is 6.61 Å². The smallest absolute Gasteiger partial charge is 0.324 e. The highest BCUT2D eigenvalue weighted by Gasteiger charge is 2.47. The van der Waals surface area contributed by atoms with Crippen molar-refractivity contribution in [2.45, 2.75) is 58.0 Å². The van der Waals surface area contributed by atoms with Gasteiger partial charge in [-0.1, -0.05) is 26.7 Å². The van der Waals surface area contributed by atoms with E-state index in [0.717, 1.165) is 38.8 Å². The second-order valence-corrected chi connectivity index (χ2v) is 4.71. The van der Waals surface area contributed by atoms with E-state index in [1.165, 1.54) is 0 Å². The van der Waals surface area contributed by atoms with Gasteiger partial charge in [0.15, 0.2) is 0 Å². The summed E-state index contributed by atoms with van der Waals surface area (Å²) >= 11 is 0. The van der Waals surface area contributed by atoms with Gasteiger partial charge in [0.25, 0.3) is 0 Å². The van der Waals surface area contributed by atoms with Crippen molar-refractivity contribution in [2.24, 2.45) is 5.73 Å². The summed E-state index contributed by atoms with van der Waals surface area (Å²) in [4.78, 5) is 14.2. The zero-order chi connectivity index (χ0) is 12.9. The zero-order valence-corrected chi connectivity index (χ0v) is 11.4. The summed E-state index contributed by atoms with van der Waals surface area (Å²) in [5.74, 6) is -0.249. The number of hydrogen-bond acceptors (Lipinski definition) is 4. The normalized spacial score (nSPS) is 20.5. The number of carbonyl (C=O) groups is 1. The van der Waals surface area contributed by atoms with Crippen LogP contribution in [0.5, 0.6) is 0 Å². The fraction of sp³-hybridized carbons (Fsp3) is 0.923. The molecule has 0 aliphatic heterocycles. The minimum Gasteiger partial charge on any atom is -0.465 e. The third-order valence-electron chi connectivity index (χ3n) is 3.98. The standard InChI is InChI=1S/C13H26N2O2/c1-4-15(5-2)13(9-7-8-10-13)11(14)12(16)17-6-3/h11H,4-10,14H2,1-3H3/t11-/m0/s1. The largest absolute Gasteiger partial charge is 0.465 e. The Balaban J connectivity index is 2.86. The fourth-order valence-corrected chi connectivity index (χ4v) is 3.12. The Hall–Kier alpha value is -0.610. The lowest BCUT2D eigenvalue weighted by atomic mass is 9.86. The van der Waals surface area contributed by atoms with E-state index in [9.17, 15) is 4.79 Å². The van der Waals surface area contributed by atoms with Crippen LogP contribution in [-0.4, -0.2) is 42.1 Å². The summed E-state index contributed by atoms with van der Waals surface area (Å²) in [7, 11) is 0. The summed E-state index contributed by atoms with van der Waals surface area (Å²) in [6, 6.07) is -0.509. The SMILES string of the molecule is CCOC(=O)[C@H](N)C1(N(CC)CC)CCCC1. The molecule has 0 saturated heterocycles. The molecule has 4 heteroatoms. The second-order valence-electron chi connectivity index (χ2n) is 4.71. The lowest BCUT2D eigenvalue weighted by molar-refractivity contribution is -0.149. The number of nitrogens with zero attached hydrogens (tertiary/aromatic N) is 1. The molecule has 0 bridgehead atoms. The zero-order valence-electron chi connectivity index (χ0n) is 11.4. The Morgan fingerprint density at radius 3 is 2.24 bits per heavy atom. The van der Waals surface area contributed by atoms with E-state index in [-0.39, 0.29) is 11.5 Å². The van der Waals surface area contributed by atoms with Gasteiger partial charge in [0.1, 0.15) is 6.04 Å². The van der Waals surface area contributed by atoms with Crippen molar-refractivity contribution >= 4 is 5.97 Å². The second kappa shape index (κ2) is 6.36. The number of hydrogen-bond donors (Lipinski definition) is 1. The van der Waals surface area contributed by atoms with Gasteiger partial charge in [-0.3, -0.25) is 9.69 Å². The molecule has 1 rings (SSSR count). The number of nitrogens with two attached hydrogens (primary N) is 1. The van der Waals surface area contributed by atoms with Gasteiger partial charge in [-0.15, -0.1) is 0 Å². The number of likely N-dealkylation sites (N-methyl/N-ethyl adjacent to an activating group) is 1. The van der Waals surface area contributed by atoms with Crippen LogP contribution in [0.1, 0.15) is 46.5 Å². The van der Waals surface area contributed by atoms with E-state index >= 15 is 0 Å². The minimum atomic E-state index is -0.509. The Morgan fingerprint density at radius 1 is 1.29 bits per heavy atom. The van der Waals surface area contributed by atoms with Crippen LogP contribution in [0.2, 0.25) is 0 Å². The average molecular weight is 242 g/mol. The van der Waals surface area contributed by atoms with E-state index < -0.39 is 6.04 Å². The highest BCUT2D eigenvalue weighted by atomic mass is 16.5. The molecule has 1 saturated carbocycles. The highest BCUT2D eigenvalue weighted by molar-refractivity contribution is 5.77. The van der Waals surface area contributed by atoms with Gasteiger partial charge in [-0.05, 0) is 32.9 Å². The number of rotatable bonds is 6. The van der Waals surface area contributed by atoms with Gasteiger partial charge in [0, 0.05) is 5.54 Å². The molecule has 1 aliphatic carbocycles. The van der Waals surface area contributed by atoms with E-state index in [4.69, 9.17) is 10.5 Å². The number of esters is 1. The van der Waals surface area contributed by atoms with Crippen LogP contribution in [0.4, 0.5) is 0 Å². The van der Waals surface area contributed by atoms with Gasteiger partial charge in [-0.25, -0.2) is 0 Å². The molecule has 17 heavy (non-hydrogen) atoms. The lowest BCUT2D eigenvalue weighted by Crippen LogP contribution is -2.61. The summed E-state index contributed by atoms with van der Waals surface area (Å²) < 4.78 is 5.09. The lowest BCUT2D eigenvalue weighted by Gasteiger charge is -2.43. The number of ether oxygens (including phenoxy) is 1. The average Bonchev–Trinajstić information content (AvgIpc) is 2.80. The monoisotopic (exact) mass is 242 g/mol. The fourth-order valence-electron chi connectivity index (χ4n) is 3.12. The van der Waals surface area contributed by atoms with Gasteiger partial charge < -0.3 is 10.5 Å². The van der Waals surface area contributed by atoms with Crippen LogP contribution >= 0.6 is 0 Å². The van der Waals surface area contributed by atoms with Crippen molar-refractivity contribution in [3.05, 3.63) is 0 Å². The molecule has 1 fully saturated rings. The van der Waals surface area contributed by atoms with Crippen LogP contribution in [0.15, 0.2) is 0 Å². The third-order valence-corrected chi connectivity index (χ3v) is 3.98. The first kappa shape index (κ1) is 14.5. The van der Waals surface area contributed by atoms with Crippen molar-refractivity contribution in [2.75, 3.05) is 19.7 Å². The van der Waals surface area contributed by atoms with E-state index in [1.807, 2.05) is 6.92 Å². The maximum atomic E-state index is 11.9. The summed E-state index contributed by atoms with van der Waals surface area (Å²) in [5, 5.41) is 0. The molecule has 0 aromatic heterocycles. The summed E-state index contributed by atoms with van der Waals surface area (Å²) in [6.07, 6.45) is 4.33. The highest BCUT2D eigenvalue weighted by Crippen LogP contribution is 2.37. The van der Waals surface area contributed by atoms with Crippen LogP contribution in [0, 0.1) is 0 Å². The molecular formula is C13H26N2O2. The van der Waals surface area contributed by atoms with Crippen molar-refractivity contribution in [1.29, 1.82) is 0 Å². The van der Waals surface area contributed by atoms with Gasteiger partial charge in [0.05, 0.1) is 6.61 Å². The minimum absolute atomic E-state index is 0.171. The first-order valence-electron chi connectivity index (χ1n) is 6.79. The topological polar surface area (TPSA) is 55.6 Å². The molecular weight excluding hydrogens is 216 g/mol. The first-order chi connectivity index (χ1) is 8.12. The van der Waals surface area contributed by atoms with Gasteiger partial charge in [0.2, 0.25) is 0 Å². The molecule has 100 valence electrons. The molecule has 0 aromatic rings. The summed E-state index contributed by atoms with van der Waals surface area (Å²) in [5.41, 5.74) is 6.01. The first-order valence-corrected chi connectivity index (χ1v) is 6.79. The molecule has 0 unspecified atom stereocenters. The Bertz CT molecular complexity index is 246. The van der Waals surface area contributed by atoms with Crippen LogP contribution in [0.3, 0.4) is 0 Å². The Morgan fingerprint density at radius 2 is 1.82 bits per heavy atom. The van der Waals surface area contributed by atoms with Gasteiger partial charge >= 0.3 is 5.97 Å². The Kier molecular flexibility index (Phi) is 5.40. The molecule has 0 aromatic carbocycles.